The zero-order chi connectivity index (χ0) is 14.1. The van der Waals surface area contributed by atoms with Crippen molar-refractivity contribution in [3.8, 4) is 11.5 Å². The number of halogens is 1. The maximum atomic E-state index is 13.6. The van der Waals surface area contributed by atoms with Crippen molar-refractivity contribution in [2.75, 3.05) is 12.3 Å². The molecule has 0 fully saturated rings. The van der Waals surface area contributed by atoms with Gasteiger partial charge in [0, 0.05) is 18.2 Å². The first-order valence-corrected chi connectivity index (χ1v) is 6.56. The first-order valence-electron chi connectivity index (χ1n) is 6.56. The van der Waals surface area contributed by atoms with Crippen molar-refractivity contribution in [3.63, 3.8) is 0 Å². The van der Waals surface area contributed by atoms with Crippen LogP contribution in [0, 0.1) is 12.7 Å². The molecule has 4 heteroatoms. The molecule has 0 aromatic heterocycles. The molecule has 3 nitrogen and oxygen atoms in total. The van der Waals surface area contributed by atoms with Gasteiger partial charge < -0.3 is 15.2 Å². The summed E-state index contributed by atoms with van der Waals surface area (Å²) in [4.78, 5) is 0. The minimum absolute atomic E-state index is 0.0799. The van der Waals surface area contributed by atoms with Crippen LogP contribution in [-0.2, 0) is 6.42 Å². The Bertz CT molecular complexity index is 642. The van der Waals surface area contributed by atoms with Crippen LogP contribution in [0.25, 0.3) is 0 Å². The van der Waals surface area contributed by atoms with Gasteiger partial charge in [0.25, 0.3) is 0 Å². The van der Waals surface area contributed by atoms with Crippen LogP contribution in [0.2, 0.25) is 0 Å². The second-order valence-corrected chi connectivity index (χ2v) is 5.06. The van der Waals surface area contributed by atoms with Gasteiger partial charge in [-0.25, -0.2) is 4.39 Å². The fourth-order valence-corrected chi connectivity index (χ4v) is 2.36. The smallest absolute Gasteiger partial charge is 0.167 e. The van der Waals surface area contributed by atoms with Crippen LogP contribution in [0.15, 0.2) is 36.4 Å². The zero-order valence-corrected chi connectivity index (χ0v) is 11.2. The lowest BCUT2D eigenvalue weighted by Gasteiger charge is -2.13. The van der Waals surface area contributed by atoms with Crippen LogP contribution in [-0.4, -0.2) is 12.7 Å². The highest BCUT2D eigenvalue weighted by molar-refractivity contribution is 5.43. The van der Waals surface area contributed by atoms with E-state index in [0.717, 1.165) is 12.2 Å². The lowest BCUT2D eigenvalue weighted by atomic mass is 10.1. The average Bonchev–Trinajstić information content (AvgIpc) is 2.79. The molecule has 1 aliphatic rings. The molecule has 0 bridgehead atoms. The molecule has 1 unspecified atom stereocenters. The summed E-state index contributed by atoms with van der Waals surface area (Å²) in [6.07, 6.45) is 0.705. The summed E-state index contributed by atoms with van der Waals surface area (Å²) in [7, 11) is 0. The van der Waals surface area contributed by atoms with Crippen molar-refractivity contribution in [3.05, 3.63) is 53.3 Å². The van der Waals surface area contributed by atoms with Gasteiger partial charge in [0.05, 0.1) is 0 Å². The average molecular weight is 273 g/mol. The third-order valence-corrected chi connectivity index (χ3v) is 3.34. The van der Waals surface area contributed by atoms with Crippen LogP contribution in [0.3, 0.4) is 0 Å². The topological polar surface area (TPSA) is 44.5 Å². The summed E-state index contributed by atoms with van der Waals surface area (Å²) < 4.78 is 24.9. The Kier molecular flexibility index (Phi) is 3.22. The van der Waals surface area contributed by atoms with E-state index in [1.807, 2.05) is 19.1 Å². The van der Waals surface area contributed by atoms with Gasteiger partial charge in [0.1, 0.15) is 18.5 Å². The number of hydrogen-bond donors (Lipinski definition) is 1. The van der Waals surface area contributed by atoms with Gasteiger partial charge in [0.15, 0.2) is 11.6 Å². The molecule has 0 spiro atoms. The van der Waals surface area contributed by atoms with Crippen molar-refractivity contribution < 1.29 is 13.9 Å². The number of ether oxygens (including phenoxy) is 2. The van der Waals surface area contributed by atoms with Gasteiger partial charge in [-0.3, -0.25) is 0 Å². The predicted octanol–water partition coefficient (Wildman–Crippen LogP) is 3.10. The lowest BCUT2D eigenvalue weighted by Crippen LogP contribution is -2.22. The molecule has 2 N–H and O–H groups in total. The first-order chi connectivity index (χ1) is 9.61. The summed E-state index contributed by atoms with van der Waals surface area (Å²) >= 11 is 0. The quantitative estimate of drug-likeness (QED) is 0.874. The number of nitrogens with two attached hydrogens (primary N) is 1. The molecule has 0 saturated carbocycles. The van der Waals surface area contributed by atoms with Crippen LogP contribution < -0.4 is 15.2 Å². The number of fused-ring (bicyclic) bond motifs is 1. The molecule has 20 heavy (non-hydrogen) atoms. The first kappa shape index (κ1) is 12.8. The standard InChI is InChI=1S/C16H16FNO2/c1-10-2-4-15-11(6-10)7-13(20-15)9-19-16-5-3-12(18)8-14(16)17/h2-6,8,13H,7,9,18H2,1H3. The minimum atomic E-state index is -0.448. The predicted molar refractivity (Wildman–Crippen MR) is 75.6 cm³/mol. The molecule has 104 valence electrons. The van der Waals surface area contributed by atoms with Gasteiger partial charge in [-0.15, -0.1) is 0 Å². The van der Waals surface area contributed by atoms with Crippen molar-refractivity contribution >= 4 is 5.69 Å². The third-order valence-electron chi connectivity index (χ3n) is 3.34. The molecule has 3 rings (SSSR count). The second kappa shape index (κ2) is 5.04. The van der Waals surface area contributed by atoms with Crippen molar-refractivity contribution in [1.29, 1.82) is 0 Å². The lowest BCUT2D eigenvalue weighted by molar-refractivity contribution is 0.145. The number of anilines is 1. The molecular formula is C16H16FNO2. The highest BCUT2D eigenvalue weighted by Crippen LogP contribution is 2.30. The fraction of sp³-hybridized carbons (Fsp3) is 0.250. The minimum Gasteiger partial charge on any atom is -0.487 e. The van der Waals surface area contributed by atoms with E-state index in [9.17, 15) is 4.39 Å². The fourth-order valence-electron chi connectivity index (χ4n) is 2.36. The van der Waals surface area contributed by atoms with Gasteiger partial charge in [-0.2, -0.15) is 0 Å². The number of benzene rings is 2. The highest BCUT2D eigenvalue weighted by atomic mass is 19.1. The summed E-state index contributed by atoms with van der Waals surface area (Å²) in [6, 6.07) is 10.5. The Morgan fingerprint density at radius 2 is 2.15 bits per heavy atom. The largest absolute Gasteiger partial charge is 0.487 e. The number of nitrogen functional groups attached to an aromatic ring is 1. The normalized spacial score (nSPS) is 16.6. The summed E-state index contributed by atoms with van der Waals surface area (Å²) in [6.45, 7) is 2.36. The molecule has 0 amide bonds. The summed E-state index contributed by atoms with van der Waals surface area (Å²) in [5, 5.41) is 0. The van der Waals surface area contributed by atoms with Crippen molar-refractivity contribution in [2.24, 2.45) is 0 Å². The molecule has 2 aromatic rings. The highest BCUT2D eigenvalue weighted by Gasteiger charge is 2.23. The summed E-state index contributed by atoms with van der Waals surface area (Å²) in [5.41, 5.74) is 8.27. The maximum absolute atomic E-state index is 13.6. The van der Waals surface area contributed by atoms with Crippen LogP contribution >= 0.6 is 0 Å². The van der Waals surface area contributed by atoms with E-state index in [4.69, 9.17) is 15.2 Å². The number of rotatable bonds is 3. The Morgan fingerprint density at radius 3 is 2.95 bits per heavy atom. The van der Waals surface area contributed by atoms with Crippen LogP contribution in [0.5, 0.6) is 11.5 Å². The monoisotopic (exact) mass is 273 g/mol. The van der Waals surface area contributed by atoms with E-state index in [-0.39, 0.29) is 11.9 Å². The van der Waals surface area contributed by atoms with Crippen LogP contribution in [0.4, 0.5) is 10.1 Å². The SMILES string of the molecule is Cc1ccc2c(c1)CC(COc1ccc(N)cc1F)O2. The van der Waals surface area contributed by atoms with E-state index >= 15 is 0 Å². The summed E-state index contributed by atoms with van der Waals surface area (Å²) in [5.74, 6) is 0.647. The Labute approximate surface area is 117 Å². The van der Waals surface area contributed by atoms with Crippen LogP contribution in [0.1, 0.15) is 11.1 Å². The van der Waals surface area contributed by atoms with Crippen molar-refractivity contribution in [2.45, 2.75) is 19.4 Å². The van der Waals surface area contributed by atoms with Gasteiger partial charge in [0.2, 0.25) is 0 Å². The molecule has 0 saturated heterocycles. The number of aryl methyl sites for hydroxylation is 1. The van der Waals surface area contributed by atoms with E-state index in [2.05, 4.69) is 6.07 Å². The van der Waals surface area contributed by atoms with E-state index < -0.39 is 5.82 Å². The molecule has 0 radical (unpaired) electrons. The molecule has 1 aliphatic heterocycles. The molecule has 1 atom stereocenters. The second-order valence-electron chi connectivity index (χ2n) is 5.06. The Balaban J connectivity index is 1.63. The molecule has 0 aliphatic carbocycles. The van der Waals surface area contributed by atoms with Gasteiger partial charge in [-0.1, -0.05) is 17.7 Å². The maximum Gasteiger partial charge on any atom is 0.167 e. The van der Waals surface area contributed by atoms with E-state index in [1.54, 1.807) is 6.07 Å². The molecule has 2 aromatic carbocycles. The molecule has 1 heterocycles. The number of hydrogen-bond acceptors (Lipinski definition) is 3. The van der Waals surface area contributed by atoms with Gasteiger partial charge in [-0.05, 0) is 30.7 Å². The molecular weight excluding hydrogens is 257 g/mol. The van der Waals surface area contributed by atoms with E-state index in [1.165, 1.54) is 23.3 Å². The van der Waals surface area contributed by atoms with Crippen molar-refractivity contribution in [1.82, 2.24) is 0 Å². The van der Waals surface area contributed by atoms with Gasteiger partial charge >= 0.3 is 0 Å². The third kappa shape index (κ3) is 2.54. The Morgan fingerprint density at radius 1 is 1.30 bits per heavy atom. The zero-order valence-electron chi connectivity index (χ0n) is 11.2. The Hall–Kier alpha value is -2.23. The van der Waals surface area contributed by atoms with E-state index in [0.29, 0.717) is 12.3 Å².